The second kappa shape index (κ2) is 3.93. The molecule has 12 heavy (non-hydrogen) atoms. The fourth-order valence-corrected chi connectivity index (χ4v) is 1.09. The molecule has 3 N–H and O–H groups in total. The van der Waals surface area contributed by atoms with Gasteiger partial charge >= 0.3 is 0 Å². The van der Waals surface area contributed by atoms with Gasteiger partial charge in [0.25, 0.3) is 0 Å². The molecule has 0 aliphatic heterocycles. The van der Waals surface area contributed by atoms with Gasteiger partial charge in [-0.15, -0.1) is 0 Å². The first-order valence-electron chi connectivity index (χ1n) is 3.89. The van der Waals surface area contributed by atoms with Gasteiger partial charge in [0.2, 0.25) is 0 Å². The number of hydrogen-bond donors (Lipinski definition) is 2. The molecule has 0 spiro atoms. The van der Waals surface area contributed by atoms with Crippen LogP contribution in [0.25, 0.3) is 6.08 Å². The molecule has 0 amide bonds. The van der Waals surface area contributed by atoms with Crippen LogP contribution in [-0.2, 0) is 6.42 Å². The van der Waals surface area contributed by atoms with Crippen LogP contribution in [0.5, 0.6) is 0 Å². The van der Waals surface area contributed by atoms with Gasteiger partial charge in [-0.2, -0.15) is 0 Å². The maximum absolute atomic E-state index is 8.69. The lowest BCUT2D eigenvalue weighted by Gasteiger charge is -2.04. The third-order valence-electron chi connectivity index (χ3n) is 1.79. The van der Waals surface area contributed by atoms with Crippen LogP contribution in [0.2, 0.25) is 0 Å². The van der Waals surface area contributed by atoms with E-state index in [1.165, 1.54) is 0 Å². The Balaban J connectivity index is 2.94. The molecule has 64 valence electrons. The standard InChI is InChI=1S/C10H13NO/c1-2-8-3-4-9(5-6-12)10(11)7-8/h2-4,7,12H,1,5-6,11H2. The molecule has 2 nitrogen and oxygen atoms in total. The van der Waals surface area contributed by atoms with E-state index in [1.807, 2.05) is 18.2 Å². The molecule has 0 saturated heterocycles. The Hall–Kier alpha value is -1.28. The van der Waals surface area contributed by atoms with Crippen LogP contribution in [0.1, 0.15) is 11.1 Å². The fraction of sp³-hybridized carbons (Fsp3) is 0.200. The third kappa shape index (κ3) is 1.86. The minimum absolute atomic E-state index is 0.137. The zero-order chi connectivity index (χ0) is 8.97. The smallest absolute Gasteiger partial charge is 0.0472 e. The lowest BCUT2D eigenvalue weighted by atomic mass is 10.1. The molecule has 0 heterocycles. The number of aliphatic hydroxyl groups excluding tert-OH is 1. The Morgan fingerprint density at radius 3 is 2.75 bits per heavy atom. The van der Waals surface area contributed by atoms with Crippen molar-refractivity contribution in [1.82, 2.24) is 0 Å². The van der Waals surface area contributed by atoms with Gasteiger partial charge in [-0.1, -0.05) is 24.8 Å². The van der Waals surface area contributed by atoms with Crippen LogP contribution in [-0.4, -0.2) is 11.7 Å². The fourth-order valence-electron chi connectivity index (χ4n) is 1.09. The predicted octanol–water partition coefficient (Wildman–Crippen LogP) is 1.45. The van der Waals surface area contributed by atoms with Crippen molar-refractivity contribution in [3.05, 3.63) is 35.9 Å². The molecule has 0 unspecified atom stereocenters. The van der Waals surface area contributed by atoms with Gasteiger partial charge in [-0.25, -0.2) is 0 Å². The third-order valence-corrected chi connectivity index (χ3v) is 1.79. The molecular formula is C10H13NO. The molecule has 1 aromatic rings. The lowest BCUT2D eigenvalue weighted by molar-refractivity contribution is 0.300. The zero-order valence-electron chi connectivity index (χ0n) is 6.96. The molecule has 0 aliphatic rings. The van der Waals surface area contributed by atoms with E-state index in [0.717, 1.165) is 16.8 Å². The van der Waals surface area contributed by atoms with E-state index in [0.29, 0.717) is 6.42 Å². The quantitative estimate of drug-likeness (QED) is 0.662. The van der Waals surface area contributed by atoms with Crippen LogP contribution >= 0.6 is 0 Å². The number of nitrogens with two attached hydrogens (primary N) is 1. The molecule has 0 radical (unpaired) electrons. The summed E-state index contributed by atoms with van der Waals surface area (Å²) in [6.45, 7) is 3.78. The van der Waals surface area contributed by atoms with Crippen molar-refractivity contribution in [2.24, 2.45) is 0 Å². The number of aliphatic hydroxyl groups is 1. The lowest BCUT2D eigenvalue weighted by Crippen LogP contribution is -1.97. The van der Waals surface area contributed by atoms with E-state index in [1.54, 1.807) is 6.08 Å². The molecule has 2 heteroatoms. The highest BCUT2D eigenvalue weighted by Crippen LogP contribution is 2.15. The van der Waals surface area contributed by atoms with Crippen LogP contribution in [0.4, 0.5) is 5.69 Å². The van der Waals surface area contributed by atoms with Crippen molar-refractivity contribution in [3.8, 4) is 0 Å². The van der Waals surface area contributed by atoms with Crippen LogP contribution in [0.15, 0.2) is 24.8 Å². The van der Waals surface area contributed by atoms with Crippen LogP contribution in [0, 0.1) is 0 Å². The summed E-state index contributed by atoms with van der Waals surface area (Å²) in [5.74, 6) is 0. The van der Waals surface area contributed by atoms with Crippen LogP contribution < -0.4 is 5.73 Å². The normalized spacial score (nSPS) is 9.75. The largest absolute Gasteiger partial charge is 0.398 e. The van der Waals surface area contributed by atoms with Gasteiger partial charge in [0.1, 0.15) is 0 Å². The van der Waals surface area contributed by atoms with E-state index in [9.17, 15) is 0 Å². The average Bonchev–Trinajstić information content (AvgIpc) is 2.09. The summed E-state index contributed by atoms with van der Waals surface area (Å²) in [7, 11) is 0. The number of nitrogen functional groups attached to an aromatic ring is 1. The first-order valence-corrected chi connectivity index (χ1v) is 3.89. The molecule has 0 fully saturated rings. The SMILES string of the molecule is C=Cc1ccc(CCO)c(N)c1. The van der Waals surface area contributed by atoms with Gasteiger partial charge < -0.3 is 10.8 Å². The molecule has 0 aliphatic carbocycles. The highest BCUT2D eigenvalue weighted by molar-refractivity contribution is 5.57. The maximum atomic E-state index is 8.69. The minimum atomic E-state index is 0.137. The first-order chi connectivity index (χ1) is 5.77. The van der Waals surface area contributed by atoms with Gasteiger partial charge in [0.05, 0.1) is 0 Å². The number of rotatable bonds is 3. The number of hydrogen-bond acceptors (Lipinski definition) is 2. The Kier molecular flexibility index (Phi) is 2.88. The average molecular weight is 163 g/mol. The molecule has 1 rings (SSSR count). The molecule has 0 bridgehead atoms. The Labute approximate surface area is 72.3 Å². The van der Waals surface area contributed by atoms with E-state index in [2.05, 4.69) is 6.58 Å². The van der Waals surface area contributed by atoms with Crippen molar-refractivity contribution in [3.63, 3.8) is 0 Å². The Morgan fingerprint density at radius 1 is 1.50 bits per heavy atom. The van der Waals surface area contributed by atoms with Crippen molar-refractivity contribution < 1.29 is 5.11 Å². The molecule has 0 aromatic heterocycles. The number of anilines is 1. The van der Waals surface area contributed by atoms with Crippen molar-refractivity contribution >= 4 is 11.8 Å². The van der Waals surface area contributed by atoms with E-state index < -0.39 is 0 Å². The van der Waals surface area contributed by atoms with Crippen LogP contribution in [0.3, 0.4) is 0 Å². The molecule has 0 saturated carbocycles. The first kappa shape index (κ1) is 8.81. The van der Waals surface area contributed by atoms with E-state index >= 15 is 0 Å². The summed E-state index contributed by atoms with van der Waals surface area (Å²) >= 11 is 0. The van der Waals surface area contributed by atoms with Crippen molar-refractivity contribution in [2.75, 3.05) is 12.3 Å². The molecule has 0 atom stereocenters. The summed E-state index contributed by atoms with van der Waals surface area (Å²) < 4.78 is 0. The van der Waals surface area contributed by atoms with Gasteiger partial charge in [-0.3, -0.25) is 0 Å². The van der Waals surface area contributed by atoms with Gasteiger partial charge in [-0.05, 0) is 23.6 Å². The second-order valence-electron chi connectivity index (χ2n) is 2.64. The second-order valence-corrected chi connectivity index (χ2v) is 2.64. The summed E-state index contributed by atoms with van der Waals surface area (Å²) in [6, 6.07) is 5.72. The van der Waals surface area contributed by atoms with E-state index in [4.69, 9.17) is 10.8 Å². The summed E-state index contributed by atoms with van der Waals surface area (Å²) in [4.78, 5) is 0. The minimum Gasteiger partial charge on any atom is -0.398 e. The molecular weight excluding hydrogens is 150 g/mol. The van der Waals surface area contributed by atoms with Crippen molar-refractivity contribution in [2.45, 2.75) is 6.42 Å². The van der Waals surface area contributed by atoms with E-state index in [-0.39, 0.29) is 6.61 Å². The van der Waals surface area contributed by atoms with Gasteiger partial charge in [0.15, 0.2) is 0 Å². The Bertz CT molecular complexity index is 281. The summed E-state index contributed by atoms with van der Waals surface area (Å²) in [6.07, 6.45) is 2.36. The van der Waals surface area contributed by atoms with Gasteiger partial charge in [0, 0.05) is 12.3 Å². The topological polar surface area (TPSA) is 46.2 Å². The maximum Gasteiger partial charge on any atom is 0.0472 e. The van der Waals surface area contributed by atoms with Crippen molar-refractivity contribution in [1.29, 1.82) is 0 Å². The number of benzene rings is 1. The zero-order valence-corrected chi connectivity index (χ0v) is 6.96. The predicted molar refractivity (Wildman–Crippen MR) is 51.7 cm³/mol. The monoisotopic (exact) mass is 163 g/mol. The molecule has 1 aromatic carbocycles. The highest BCUT2D eigenvalue weighted by atomic mass is 16.2. The highest BCUT2D eigenvalue weighted by Gasteiger charge is 1.97. The summed E-state index contributed by atoms with van der Waals surface area (Å²) in [5.41, 5.74) is 8.45. The Morgan fingerprint density at radius 2 is 2.25 bits per heavy atom. The summed E-state index contributed by atoms with van der Waals surface area (Å²) in [5, 5.41) is 8.69.